The van der Waals surface area contributed by atoms with Gasteiger partial charge in [0.2, 0.25) is 0 Å². The molecule has 2 heterocycles. The van der Waals surface area contributed by atoms with E-state index in [1.165, 1.54) is 23.1 Å². The zero-order valence-electron chi connectivity index (χ0n) is 11.7. The average Bonchev–Trinajstić information content (AvgIpc) is 3.06. The molecule has 2 aromatic heterocycles. The lowest BCUT2D eigenvalue weighted by atomic mass is 10.3. The molecule has 1 atom stereocenters. The standard InChI is InChI=1S/C13H16N4O4/c1-8(18)7-14-12(19)9-6-11(17(2)16-9)15-13(20)10-4-3-5-21-10/h3-6,8,18H,7H2,1-2H3,(H,14,19)(H,15,20). The molecule has 0 aliphatic carbocycles. The van der Waals surface area contributed by atoms with E-state index in [2.05, 4.69) is 15.7 Å². The Hall–Kier alpha value is -2.61. The van der Waals surface area contributed by atoms with Crippen molar-refractivity contribution in [3.8, 4) is 0 Å². The second-order valence-electron chi connectivity index (χ2n) is 4.53. The molecule has 0 saturated carbocycles. The van der Waals surface area contributed by atoms with E-state index < -0.39 is 17.9 Å². The molecule has 0 radical (unpaired) electrons. The monoisotopic (exact) mass is 292 g/mol. The van der Waals surface area contributed by atoms with Crippen molar-refractivity contribution in [2.75, 3.05) is 11.9 Å². The Balaban J connectivity index is 2.05. The van der Waals surface area contributed by atoms with Crippen molar-refractivity contribution in [2.24, 2.45) is 7.05 Å². The largest absolute Gasteiger partial charge is 0.459 e. The third-order valence-corrected chi connectivity index (χ3v) is 2.66. The molecule has 1 unspecified atom stereocenters. The number of aliphatic hydroxyl groups excluding tert-OH is 1. The first kappa shape index (κ1) is 14.8. The second-order valence-corrected chi connectivity index (χ2v) is 4.53. The first-order valence-electron chi connectivity index (χ1n) is 6.32. The number of furan rings is 1. The summed E-state index contributed by atoms with van der Waals surface area (Å²) in [6, 6.07) is 4.58. The number of nitrogens with one attached hydrogen (secondary N) is 2. The Morgan fingerprint density at radius 1 is 1.48 bits per heavy atom. The maximum atomic E-state index is 11.8. The molecule has 0 aromatic carbocycles. The van der Waals surface area contributed by atoms with Crippen LogP contribution >= 0.6 is 0 Å². The quantitative estimate of drug-likeness (QED) is 0.738. The van der Waals surface area contributed by atoms with Gasteiger partial charge < -0.3 is 20.2 Å². The third kappa shape index (κ3) is 3.69. The average molecular weight is 292 g/mol. The molecule has 8 nitrogen and oxygen atoms in total. The fourth-order valence-electron chi connectivity index (χ4n) is 1.61. The van der Waals surface area contributed by atoms with Crippen LogP contribution in [0.2, 0.25) is 0 Å². The number of amides is 2. The number of carbonyl (C=O) groups is 2. The summed E-state index contributed by atoms with van der Waals surface area (Å²) in [6.07, 6.45) is 0.753. The van der Waals surface area contributed by atoms with E-state index >= 15 is 0 Å². The maximum absolute atomic E-state index is 11.8. The van der Waals surface area contributed by atoms with Gasteiger partial charge in [-0.2, -0.15) is 5.10 Å². The summed E-state index contributed by atoms with van der Waals surface area (Å²) >= 11 is 0. The number of aryl methyl sites for hydroxylation is 1. The van der Waals surface area contributed by atoms with Gasteiger partial charge in [-0.1, -0.05) is 0 Å². The summed E-state index contributed by atoms with van der Waals surface area (Å²) in [5.41, 5.74) is 0.146. The summed E-state index contributed by atoms with van der Waals surface area (Å²) in [6.45, 7) is 1.69. The molecule has 21 heavy (non-hydrogen) atoms. The van der Waals surface area contributed by atoms with E-state index in [9.17, 15) is 9.59 Å². The van der Waals surface area contributed by atoms with E-state index in [0.29, 0.717) is 5.82 Å². The molecule has 112 valence electrons. The summed E-state index contributed by atoms with van der Waals surface area (Å²) in [5.74, 6) is -0.334. The lowest BCUT2D eigenvalue weighted by molar-refractivity contribution is 0.0918. The molecule has 3 N–H and O–H groups in total. The molecule has 0 fully saturated rings. The fraction of sp³-hybridized carbons (Fsp3) is 0.308. The Bertz CT molecular complexity index is 631. The van der Waals surface area contributed by atoms with Gasteiger partial charge in [-0.25, -0.2) is 0 Å². The Morgan fingerprint density at radius 2 is 2.24 bits per heavy atom. The molecule has 0 aliphatic rings. The van der Waals surface area contributed by atoms with Gasteiger partial charge in [0.1, 0.15) is 5.82 Å². The van der Waals surface area contributed by atoms with Gasteiger partial charge in [-0.3, -0.25) is 14.3 Å². The highest BCUT2D eigenvalue weighted by Crippen LogP contribution is 2.11. The summed E-state index contributed by atoms with van der Waals surface area (Å²) < 4.78 is 6.35. The highest BCUT2D eigenvalue weighted by Gasteiger charge is 2.16. The number of hydrogen-bond acceptors (Lipinski definition) is 5. The van der Waals surface area contributed by atoms with Crippen molar-refractivity contribution >= 4 is 17.6 Å². The normalized spacial score (nSPS) is 12.0. The van der Waals surface area contributed by atoms with Gasteiger partial charge in [0, 0.05) is 19.7 Å². The lowest BCUT2D eigenvalue weighted by Gasteiger charge is -2.04. The van der Waals surface area contributed by atoms with Crippen molar-refractivity contribution in [1.29, 1.82) is 0 Å². The van der Waals surface area contributed by atoms with Gasteiger partial charge in [0.05, 0.1) is 12.4 Å². The van der Waals surface area contributed by atoms with Gasteiger partial charge in [0.25, 0.3) is 11.8 Å². The van der Waals surface area contributed by atoms with Crippen LogP contribution < -0.4 is 10.6 Å². The van der Waals surface area contributed by atoms with Crippen LogP contribution in [-0.4, -0.2) is 39.4 Å². The molecule has 2 rings (SSSR count). The van der Waals surface area contributed by atoms with Crippen molar-refractivity contribution in [3.05, 3.63) is 35.9 Å². The number of aromatic nitrogens is 2. The van der Waals surface area contributed by atoms with Gasteiger partial charge in [-0.05, 0) is 19.1 Å². The first-order chi connectivity index (χ1) is 9.97. The van der Waals surface area contributed by atoms with Crippen LogP contribution in [0.25, 0.3) is 0 Å². The molecule has 0 bridgehead atoms. The Labute approximate surface area is 120 Å². The zero-order chi connectivity index (χ0) is 15.4. The number of anilines is 1. The van der Waals surface area contributed by atoms with E-state index in [4.69, 9.17) is 9.52 Å². The van der Waals surface area contributed by atoms with E-state index in [0.717, 1.165) is 0 Å². The summed E-state index contributed by atoms with van der Waals surface area (Å²) in [7, 11) is 1.60. The van der Waals surface area contributed by atoms with Crippen molar-refractivity contribution in [1.82, 2.24) is 15.1 Å². The van der Waals surface area contributed by atoms with Crippen LogP contribution in [0.1, 0.15) is 28.0 Å². The highest BCUT2D eigenvalue weighted by molar-refractivity contribution is 6.02. The maximum Gasteiger partial charge on any atom is 0.292 e. The van der Waals surface area contributed by atoms with Crippen LogP contribution in [0.15, 0.2) is 28.9 Å². The molecule has 0 saturated heterocycles. The molecular formula is C13H16N4O4. The minimum atomic E-state index is -0.643. The van der Waals surface area contributed by atoms with Crippen LogP contribution in [0.5, 0.6) is 0 Å². The molecule has 0 aliphatic heterocycles. The van der Waals surface area contributed by atoms with Crippen LogP contribution in [0.3, 0.4) is 0 Å². The van der Waals surface area contributed by atoms with E-state index in [1.54, 1.807) is 20.0 Å². The Morgan fingerprint density at radius 3 is 2.86 bits per heavy atom. The number of nitrogens with zero attached hydrogens (tertiary/aromatic N) is 2. The fourth-order valence-corrected chi connectivity index (χ4v) is 1.61. The number of carbonyl (C=O) groups excluding carboxylic acids is 2. The van der Waals surface area contributed by atoms with Crippen molar-refractivity contribution < 1.29 is 19.1 Å². The van der Waals surface area contributed by atoms with Crippen molar-refractivity contribution in [3.63, 3.8) is 0 Å². The predicted molar refractivity (Wildman–Crippen MR) is 73.9 cm³/mol. The highest BCUT2D eigenvalue weighted by atomic mass is 16.3. The van der Waals surface area contributed by atoms with Gasteiger partial charge in [-0.15, -0.1) is 0 Å². The van der Waals surface area contributed by atoms with E-state index in [1.807, 2.05) is 0 Å². The third-order valence-electron chi connectivity index (χ3n) is 2.66. The summed E-state index contributed by atoms with van der Waals surface area (Å²) in [5, 5.41) is 18.2. The minimum Gasteiger partial charge on any atom is -0.459 e. The first-order valence-corrected chi connectivity index (χ1v) is 6.32. The molecular weight excluding hydrogens is 276 g/mol. The number of hydrogen-bond donors (Lipinski definition) is 3. The summed E-state index contributed by atoms with van der Waals surface area (Å²) in [4.78, 5) is 23.6. The minimum absolute atomic E-state index is 0.128. The van der Waals surface area contributed by atoms with Crippen LogP contribution in [0, 0.1) is 0 Å². The Kier molecular flexibility index (Phi) is 4.39. The van der Waals surface area contributed by atoms with Gasteiger partial charge >= 0.3 is 0 Å². The SMILES string of the molecule is CC(O)CNC(=O)c1cc(NC(=O)c2ccco2)n(C)n1. The number of aliphatic hydroxyl groups is 1. The number of rotatable bonds is 5. The van der Waals surface area contributed by atoms with E-state index in [-0.39, 0.29) is 18.0 Å². The molecule has 8 heteroatoms. The van der Waals surface area contributed by atoms with Crippen LogP contribution in [0.4, 0.5) is 5.82 Å². The topological polar surface area (TPSA) is 109 Å². The molecule has 2 amide bonds. The lowest BCUT2D eigenvalue weighted by Crippen LogP contribution is -2.30. The molecule has 0 spiro atoms. The van der Waals surface area contributed by atoms with Crippen molar-refractivity contribution in [2.45, 2.75) is 13.0 Å². The zero-order valence-corrected chi connectivity index (χ0v) is 11.7. The molecule has 2 aromatic rings. The second kappa shape index (κ2) is 6.23. The predicted octanol–water partition coefficient (Wildman–Crippen LogP) is 0.376. The van der Waals surface area contributed by atoms with Gasteiger partial charge in [0.15, 0.2) is 11.5 Å². The smallest absolute Gasteiger partial charge is 0.292 e. The van der Waals surface area contributed by atoms with Crippen LogP contribution in [-0.2, 0) is 7.05 Å².